The van der Waals surface area contributed by atoms with Crippen molar-refractivity contribution in [2.45, 2.75) is 59.0 Å². The van der Waals surface area contributed by atoms with Crippen molar-refractivity contribution in [2.75, 3.05) is 24.2 Å². The number of nitrogens with zero attached hydrogens (tertiary/aromatic N) is 1. The summed E-state index contributed by atoms with van der Waals surface area (Å²) in [6.45, 7) is 8.17. The summed E-state index contributed by atoms with van der Waals surface area (Å²) in [4.78, 5) is 27.7. The molecule has 1 saturated heterocycles. The fraction of sp³-hybridized carbons (Fsp3) is 0.400. The van der Waals surface area contributed by atoms with E-state index in [1.165, 1.54) is 18.2 Å². The Morgan fingerprint density at radius 3 is 2.69 bits per heavy atom. The summed E-state index contributed by atoms with van der Waals surface area (Å²) in [7, 11) is 0. The van der Waals surface area contributed by atoms with E-state index in [2.05, 4.69) is 15.4 Å². The highest BCUT2D eigenvalue weighted by Crippen LogP contribution is 2.32. The van der Waals surface area contributed by atoms with E-state index in [1.807, 2.05) is 23.2 Å². The molecule has 12 heteroatoms. The molecule has 0 aromatic heterocycles. The van der Waals surface area contributed by atoms with Crippen LogP contribution in [0.2, 0.25) is 5.02 Å². The van der Waals surface area contributed by atoms with Crippen LogP contribution in [0.3, 0.4) is 0 Å². The molecule has 0 spiro atoms. The number of allylic oxidation sites excluding steroid dienone is 1. The first-order chi connectivity index (χ1) is 19.9. The second kappa shape index (κ2) is 13.3. The molecule has 2 aromatic carbocycles. The Hall–Kier alpha value is -3.41. The Labute approximate surface area is 255 Å². The average molecular weight is 618 g/mol. The number of ether oxygens (including phenoxy) is 2. The van der Waals surface area contributed by atoms with Crippen molar-refractivity contribution in [2.24, 2.45) is 5.41 Å². The molecular formula is C30H37ClFN5O4S. The Kier molecular flexibility index (Phi) is 9.96. The quantitative estimate of drug-likeness (QED) is 0.148. The van der Waals surface area contributed by atoms with Gasteiger partial charge in [0.1, 0.15) is 18.7 Å². The number of hydrogen-bond acceptors (Lipinski definition) is 9. The number of benzene rings is 2. The molecular weight excluding hydrogens is 581 g/mol. The predicted octanol–water partition coefficient (Wildman–Crippen LogP) is 6.58. The van der Waals surface area contributed by atoms with Crippen molar-refractivity contribution < 1.29 is 23.5 Å². The number of carbonyl (C=O) groups excluding carboxylic acids is 2. The molecule has 42 heavy (non-hydrogen) atoms. The maximum absolute atomic E-state index is 13.9. The third-order valence-corrected chi connectivity index (χ3v) is 8.04. The molecule has 0 aliphatic carbocycles. The molecule has 1 atom stereocenters. The summed E-state index contributed by atoms with van der Waals surface area (Å²) < 4.78 is 28.4. The Morgan fingerprint density at radius 2 is 2.00 bits per heavy atom. The first kappa shape index (κ1) is 31.5. The van der Waals surface area contributed by atoms with E-state index in [9.17, 15) is 14.0 Å². The van der Waals surface area contributed by atoms with E-state index in [0.29, 0.717) is 23.5 Å². The second-order valence-electron chi connectivity index (χ2n) is 11.5. The van der Waals surface area contributed by atoms with Gasteiger partial charge in [0.05, 0.1) is 39.6 Å². The lowest BCUT2D eigenvalue weighted by atomic mass is 9.93. The minimum absolute atomic E-state index is 0.0865. The molecule has 0 saturated carbocycles. The molecule has 0 bridgehead atoms. The van der Waals surface area contributed by atoms with Crippen molar-refractivity contribution in [3.63, 3.8) is 0 Å². The fourth-order valence-electron chi connectivity index (χ4n) is 4.42. The third-order valence-electron chi connectivity index (χ3n) is 6.91. The zero-order chi connectivity index (χ0) is 30.5. The highest BCUT2D eigenvalue weighted by atomic mass is 35.5. The number of para-hydroxylation sites is 1. The van der Waals surface area contributed by atoms with Crippen molar-refractivity contribution >= 4 is 46.1 Å². The van der Waals surface area contributed by atoms with Crippen LogP contribution in [-0.4, -0.2) is 29.3 Å². The molecule has 5 N–H and O–H groups in total. The van der Waals surface area contributed by atoms with E-state index in [0.717, 1.165) is 54.9 Å². The zero-order valence-corrected chi connectivity index (χ0v) is 25.8. The van der Waals surface area contributed by atoms with Crippen LogP contribution in [0.4, 0.5) is 20.6 Å². The van der Waals surface area contributed by atoms with Crippen molar-refractivity contribution in [3.05, 3.63) is 82.4 Å². The number of carbonyl (C=O) groups is 2. The molecule has 9 nitrogen and oxygen atoms in total. The lowest BCUT2D eigenvalue weighted by Crippen LogP contribution is -2.42. The van der Waals surface area contributed by atoms with Gasteiger partial charge in [-0.1, -0.05) is 29.8 Å². The third kappa shape index (κ3) is 7.70. The van der Waals surface area contributed by atoms with Crippen molar-refractivity contribution in [1.82, 2.24) is 14.9 Å². The Morgan fingerprint density at radius 1 is 1.21 bits per heavy atom. The first-order valence-electron chi connectivity index (χ1n) is 13.7. The van der Waals surface area contributed by atoms with Gasteiger partial charge >= 0.3 is 5.97 Å². The highest BCUT2D eigenvalue weighted by molar-refractivity contribution is 8.12. The highest BCUT2D eigenvalue weighted by Gasteiger charge is 2.33. The number of nitrogen functional groups attached to an aromatic ring is 1. The van der Waals surface area contributed by atoms with Gasteiger partial charge in [0.25, 0.3) is 5.24 Å². The number of amides is 1. The van der Waals surface area contributed by atoms with Crippen molar-refractivity contribution in [3.8, 4) is 0 Å². The number of nitrogens with two attached hydrogens (primary N) is 1. The van der Waals surface area contributed by atoms with Gasteiger partial charge in [-0.05, 0) is 76.3 Å². The summed E-state index contributed by atoms with van der Waals surface area (Å²) in [6.07, 6.45) is 6.60. The van der Waals surface area contributed by atoms with E-state index >= 15 is 0 Å². The standard InChI is InChI=1S/C30H37ClFN5O4S/c1-29(2,3)27(38)41-18-30(4,20-11-12-22(32)21(31)16-20)36-42-28(39)35-25-19(8-7-9-23(25)33)17-37-14-15-40-26(37)24-10-5-6-13-34-24/h7-9,11-12,14-16,34,36H,5-6,10,13,17-18,33H2,1-4H3,(H,35,39)/b26-24-. The zero-order valence-electron chi connectivity index (χ0n) is 24.2. The molecule has 4 rings (SSSR count). The van der Waals surface area contributed by atoms with Crippen LogP contribution in [0, 0.1) is 11.2 Å². The van der Waals surface area contributed by atoms with Crippen molar-refractivity contribution in [1.29, 1.82) is 0 Å². The second-order valence-corrected chi connectivity index (χ2v) is 12.7. The monoisotopic (exact) mass is 617 g/mol. The minimum atomic E-state index is -1.09. The molecule has 0 radical (unpaired) electrons. The number of hydrogen-bond donors (Lipinski definition) is 4. The maximum Gasteiger partial charge on any atom is 0.311 e. The maximum atomic E-state index is 13.9. The number of halogens is 2. The molecule has 1 unspecified atom stereocenters. The number of piperidine rings is 1. The molecule has 226 valence electrons. The summed E-state index contributed by atoms with van der Waals surface area (Å²) in [5, 5.41) is 5.78. The summed E-state index contributed by atoms with van der Waals surface area (Å²) in [6, 6.07) is 9.64. The van der Waals surface area contributed by atoms with Crippen LogP contribution in [0.5, 0.6) is 0 Å². The number of anilines is 2. The number of nitrogens with one attached hydrogen (secondary N) is 3. The van der Waals surface area contributed by atoms with Gasteiger partial charge in [0.15, 0.2) is 0 Å². The fourth-order valence-corrected chi connectivity index (χ4v) is 5.25. The molecule has 1 fully saturated rings. The van der Waals surface area contributed by atoms with Gasteiger partial charge < -0.3 is 30.7 Å². The van der Waals surface area contributed by atoms with Gasteiger partial charge in [-0.3, -0.25) is 9.59 Å². The normalized spacial score (nSPS) is 18.2. The molecule has 2 aromatic rings. The molecule has 1 amide bonds. The predicted molar refractivity (Wildman–Crippen MR) is 164 cm³/mol. The molecule has 2 heterocycles. The smallest absolute Gasteiger partial charge is 0.311 e. The van der Waals surface area contributed by atoms with E-state index < -0.39 is 28.0 Å². The SMILES string of the molecule is CC(C)(C)C(=O)OCC(C)(NSC(=O)Nc1c(N)cccc1CN1C=CO/C1=C1/CCCCN1)c1ccc(F)c(Cl)c1. The lowest BCUT2D eigenvalue weighted by molar-refractivity contribution is -0.155. The van der Waals surface area contributed by atoms with Crippen LogP contribution >= 0.6 is 23.5 Å². The van der Waals surface area contributed by atoms with Crippen LogP contribution in [0.1, 0.15) is 58.1 Å². The largest absolute Gasteiger partial charge is 0.463 e. The lowest BCUT2D eigenvalue weighted by Gasteiger charge is -2.31. The van der Waals surface area contributed by atoms with Gasteiger partial charge in [-0.15, -0.1) is 0 Å². The molecule has 2 aliphatic heterocycles. The number of esters is 1. The summed E-state index contributed by atoms with van der Waals surface area (Å²) in [5.74, 6) is -0.259. The summed E-state index contributed by atoms with van der Waals surface area (Å²) >= 11 is 6.82. The number of rotatable bonds is 8. The van der Waals surface area contributed by atoms with Gasteiger partial charge in [-0.2, -0.15) is 0 Å². The van der Waals surface area contributed by atoms with Gasteiger partial charge in [0, 0.05) is 24.7 Å². The average Bonchev–Trinajstić information content (AvgIpc) is 3.42. The summed E-state index contributed by atoms with van der Waals surface area (Å²) in [5.41, 5.74) is 7.74. The minimum Gasteiger partial charge on any atom is -0.463 e. The molecule has 2 aliphatic rings. The first-order valence-corrected chi connectivity index (χ1v) is 14.9. The van der Waals surface area contributed by atoms with E-state index in [-0.39, 0.29) is 11.6 Å². The van der Waals surface area contributed by atoms with Gasteiger partial charge in [0.2, 0.25) is 5.88 Å². The van der Waals surface area contributed by atoms with E-state index in [1.54, 1.807) is 40.0 Å². The van der Waals surface area contributed by atoms with Gasteiger partial charge in [-0.25, -0.2) is 9.11 Å². The Bertz CT molecular complexity index is 1390. The van der Waals surface area contributed by atoms with Crippen LogP contribution in [-0.2, 0) is 26.4 Å². The Balaban J connectivity index is 1.49. The van der Waals surface area contributed by atoms with Crippen LogP contribution < -0.4 is 21.1 Å². The van der Waals surface area contributed by atoms with Crippen LogP contribution in [0.15, 0.2) is 60.4 Å². The topological polar surface area (TPSA) is 118 Å². The van der Waals surface area contributed by atoms with E-state index in [4.69, 9.17) is 26.8 Å². The van der Waals surface area contributed by atoms with Crippen LogP contribution in [0.25, 0.3) is 0 Å².